The largest absolute Gasteiger partial charge is 0.396 e. The minimum Gasteiger partial charge on any atom is -0.396 e. The summed E-state index contributed by atoms with van der Waals surface area (Å²) >= 11 is 0. The Balaban J connectivity index is -0.0000000270. The Morgan fingerprint density at radius 3 is 0.714 bits per heavy atom. The molecule has 14 heavy (non-hydrogen) atoms. The zero-order valence-electron chi connectivity index (χ0n) is 9.49. The van der Waals surface area contributed by atoms with Crippen LogP contribution in [0.5, 0.6) is 0 Å². The van der Waals surface area contributed by atoms with Crippen molar-refractivity contribution in [3.05, 3.63) is 0 Å². The van der Waals surface area contributed by atoms with Gasteiger partial charge in [0.2, 0.25) is 0 Å². The van der Waals surface area contributed by atoms with Crippen LogP contribution in [0, 0.1) is 0 Å². The molecule has 0 aliphatic heterocycles. The molecule has 90 valence electrons. The Kier molecular flexibility index (Phi) is 102. The normalized spacial score (nSPS) is 6.43. The molecule has 0 atom stereocenters. The third-order valence-electron chi connectivity index (χ3n) is 0.671. The fourth-order valence-electron chi connectivity index (χ4n) is 0. The minimum absolute atomic E-state index is 0. The molecule has 0 saturated carbocycles. The van der Waals surface area contributed by atoms with Crippen molar-refractivity contribution in [1.82, 2.24) is 0 Å². The summed E-state index contributed by atoms with van der Waals surface area (Å²) in [7, 11) is 0. The smallest absolute Gasteiger partial charge is 0.0428 e. The molecule has 0 aliphatic carbocycles. The molecule has 0 spiro atoms. The molecule has 0 heterocycles. The van der Waals surface area contributed by atoms with E-state index in [4.69, 9.17) is 15.3 Å². The van der Waals surface area contributed by atoms with Gasteiger partial charge in [-0.1, -0.05) is 20.8 Å². The average molecular weight is 265 g/mol. The van der Waals surface area contributed by atoms with E-state index in [-0.39, 0.29) is 34.1 Å². The van der Waals surface area contributed by atoms with Gasteiger partial charge in [-0.3, -0.25) is 0 Å². The Morgan fingerprint density at radius 2 is 0.714 bits per heavy atom. The van der Waals surface area contributed by atoms with Gasteiger partial charge in [-0.15, -0.1) is 12.4 Å². The zero-order valence-corrected chi connectivity index (χ0v) is 11.9. The molecule has 0 radical (unpaired) electrons. The van der Waals surface area contributed by atoms with E-state index >= 15 is 0 Å². The Morgan fingerprint density at radius 1 is 0.643 bits per heavy atom. The van der Waals surface area contributed by atoms with E-state index in [1.165, 1.54) is 0 Å². The van der Waals surface area contributed by atoms with Crippen LogP contribution in [0.25, 0.3) is 0 Å². The van der Waals surface area contributed by atoms with E-state index in [0.29, 0.717) is 19.8 Å². The number of hydrogen-bond donors (Lipinski definition) is 3. The third-order valence-corrected chi connectivity index (χ3v) is 0.671. The summed E-state index contributed by atoms with van der Waals surface area (Å²) in [5.41, 5.74) is 0. The number of rotatable bonds is 3. The summed E-state index contributed by atoms with van der Waals surface area (Å²) in [6.07, 6.45) is 2.62. The molecule has 3 N–H and O–H groups in total. The first kappa shape index (κ1) is 29.4. The van der Waals surface area contributed by atoms with Crippen LogP contribution >= 0.6 is 12.4 Å². The van der Waals surface area contributed by atoms with Crippen LogP contribution in [0.3, 0.4) is 0 Å². The van der Waals surface area contributed by atoms with E-state index in [9.17, 15) is 0 Å². The van der Waals surface area contributed by atoms with Gasteiger partial charge in [-0.25, -0.2) is 0 Å². The first-order valence-corrected chi connectivity index (χ1v) is 4.57. The average Bonchev–Trinajstić information content (AvgIpc) is 2.18. The van der Waals surface area contributed by atoms with Crippen molar-refractivity contribution in [2.24, 2.45) is 0 Å². The predicted octanol–water partition coefficient (Wildman–Crippen LogP) is 1.59. The number of hydrogen-bond acceptors (Lipinski definition) is 3. The van der Waals surface area contributed by atoms with E-state index < -0.39 is 0 Å². The maximum absolute atomic E-state index is 7.88. The summed E-state index contributed by atoms with van der Waals surface area (Å²) in [4.78, 5) is 0. The van der Waals surface area contributed by atoms with E-state index in [1.54, 1.807) is 0 Å². The third kappa shape index (κ3) is 121. The van der Waals surface area contributed by atoms with Crippen LogP contribution in [0.2, 0.25) is 0 Å². The molecule has 0 aliphatic rings. The molecular formula is C9H25ClO3Ti. The van der Waals surface area contributed by atoms with Crippen molar-refractivity contribution in [3.8, 4) is 0 Å². The maximum atomic E-state index is 7.88. The van der Waals surface area contributed by atoms with Crippen LogP contribution in [0.4, 0.5) is 0 Å². The van der Waals surface area contributed by atoms with E-state index in [0.717, 1.165) is 19.3 Å². The van der Waals surface area contributed by atoms with Crippen LogP contribution < -0.4 is 0 Å². The van der Waals surface area contributed by atoms with Gasteiger partial charge >= 0.3 is 0 Å². The quantitative estimate of drug-likeness (QED) is 0.679. The zero-order chi connectivity index (χ0) is 10.2. The molecule has 0 unspecified atom stereocenters. The van der Waals surface area contributed by atoms with Crippen molar-refractivity contribution in [2.45, 2.75) is 40.0 Å². The molecule has 0 aromatic heterocycles. The molecule has 0 aromatic carbocycles. The fourth-order valence-corrected chi connectivity index (χ4v) is 0. The predicted molar refractivity (Wildman–Crippen MR) is 59.4 cm³/mol. The molecular weight excluding hydrogens is 239 g/mol. The van der Waals surface area contributed by atoms with Crippen molar-refractivity contribution < 1.29 is 37.0 Å². The van der Waals surface area contributed by atoms with Crippen LogP contribution in [0.1, 0.15) is 40.0 Å². The number of halogens is 1. The summed E-state index contributed by atoms with van der Waals surface area (Å²) in [5.74, 6) is 0. The summed E-state index contributed by atoms with van der Waals surface area (Å²) < 4.78 is 0. The molecule has 0 amide bonds. The molecule has 0 saturated heterocycles. The van der Waals surface area contributed by atoms with Gasteiger partial charge in [-0.05, 0) is 19.3 Å². The summed E-state index contributed by atoms with van der Waals surface area (Å²) in [5, 5.41) is 23.6. The molecule has 0 aromatic rings. The monoisotopic (exact) mass is 264 g/mol. The van der Waals surface area contributed by atoms with Crippen molar-refractivity contribution in [3.63, 3.8) is 0 Å². The van der Waals surface area contributed by atoms with Gasteiger partial charge < -0.3 is 15.3 Å². The summed E-state index contributed by atoms with van der Waals surface area (Å²) in [6.45, 7) is 6.75. The van der Waals surface area contributed by atoms with Crippen molar-refractivity contribution in [2.75, 3.05) is 19.8 Å². The second-order valence-corrected chi connectivity index (χ2v) is 2.17. The van der Waals surface area contributed by atoms with Gasteiger partial charge in [0.25, 0.3) is 0 Å². The van der Waals surface area contributed by atoms with Gasteiger partial charge in [0.1, 0.15) is 0 Å². The van der Waals surface area contributed by atoms with Crippen LogP contribution in [-0.4, -0.2) is 35.1 Å². The molecule has 3 nitrogen and oxygen atoms in total. The van der Waals surface area contributed by atoms with Crippen molar-refractivity contribution in [1.29, 1.82) is 0 Å². The maximum Gasteiger partial charge on any atom is 0.0428 e. The van der Waals surface area contributed by atoms with Crippen LogP contribution in [0.15, 0.2) is 0 Å². The minimum atomic E-state index is 0. The Labute approximate surface area is 109 Å². The van der Waals surface area contributed by atoms with Gasteiger partial charge in [0.15, 0.2) is 0 Å². The Hall–Kier alpha value is 0.884. The van der Waals surface area contributed by atoms with Gasteiger partial charge in [0, 0.05) is 41.5 Å². The van der Waals surface area contributed by atoms with Crippen molar-refractivity contribution >= 4 is 12.4 Å². The SMILES string of the molecule is CCCO.CCCO.CCCO.Cl.[Ti]. The molecule has 0 bridgehead atoms. The molecule has 5 heteroatoms. The van der Waals surface area contributed by atoms with Gasteiger partial charge in [0.05, 0.1) is 0 Å². The first-order valence-electron chi connectivity index (χ1n) is 4.57. The van der Waals surface area contributed by atoms with Gasteiger partial charge in [-0.2, -0.15) is 0 Å². The topological polar surface area (TPSA) is 60.7 Å². The van der Waals surface area contributed by atoms with E-state index in [1.807, 2.05) is 20.8 Å². The second-order valence-electron chi connectivity index (χ2n) is 2.17. The number of aliphatic hydroxyl groups is 3. The Bertz CT molecular complexity index is 35.5. The summed E-state index contributed by atoms with van der Waals surface area (Å²) in [6, 6.07) is 0. The number of aliphatic hydroxyl groups excluding tert-OH is 3. The van der Waals surface area contributed by atoms with E-state index in [2.05, 4.69) is 0 Å². The molecule has 0 rings (SSSR count). The van der Waals surface area contributed by atoms with Crippen LogP contribution in [-0.2, 0) is 21.7 Å². The fraction of sp³-hybridized carbons (Fsp3) is 1.00. The standard InChI is InChI=1S/3C3H8O.ClH.Ti/c3*1-2-3-4;;/h3*4H,2-3H2,1H3;1H;. The second kappa shape index (κ2) is 48.6. The first-order chi connectivity index (χ1) is 5.74. The molecule has 0 fully saturated rings.